The van der Waals surface area contributed by atoms with E-state index in [1.54, 1.807) is 0 Å². The molecule has 0 amide bonds. The van der Waals surface area contributed by atoms with Gasteiger partial charge in [0, 0.05) is 30.9 Å². The van der Waals surface area contributed by atoms with Crippen LogP contribution in [0.4, 0.5) is 11.8 Å². The van der Waals surface area contributed by atoms with Crippen molar-refractivity contribution in [1.29, 1.82) is 0 Å². The maximum atomic E-state index is 4.48. The minimum Gasteiger partial charge on any atom is -0.370 e. The lowest BCUT2D eigenvalue weighted by atomic mass is 10.2. The summed E-state index contributed by atoms with van der Waals surface area (Å²) < 4.78 is 0. The summed E-state index contributed by atoms with van der Waals surface area (Å²) in [5.74, 6) is 1.63. The Hall–Kier alpha value is -1.36. The van der Waals surface area contributed by atoms with Crippen LogP contribution in [0.1, 0.15) is 39.2 Å². The van der Waals surface area contributed by atoms with Crippen molar-refractivity contribution < 1.29 is 0 Å². The van der Waals surface area contributed by atoms with Gasteiger partial charge in [-0.3, -0.25) is 0 Å². The molecule has 0 aliphatic rings. The lowest BCUT2D eigenvalue weighted by Gasteiger charge is -2.20. The lowest BCUT2D eigenvalue weighted by molar-refractivity contribution is 0.269. The molecule has 1 rings (SSSR count). The van der Waals surface area contributed by atoms with E-state index in [9.17, 15) is 0 Å². The smallest absolute Gasteiger partial charge is 0.224 e. The number of anilines is 2. The van der Waals surface area contributed by atoms with Crippen LogP contribution in [0, 0.1) is 6.92 Å². The summed E-state index contributed by atoms with van der Waals surface area (Å²) in [4.78, 5) is 11.1. The molecule has 0 spiro atoms. The van der Waals surface area contributed by atoms with E-state index in [2.05, 4.69) is 46.4 Å². The highest BCUT2D eigenvalue weighted by Gasteiger charge is 2.04. The molecule has 5 nitrogen and oxygen atoms in total. The van der Waals surface area contributed by atoms with Gasteiger partial charge >= 0.3 is 0 Å². The van der Waals surface area contributed by atoms with Crippen LogP contribution in [0.5, 0.6) is 0 Å². The molecule has 0 unspecified atom stereocenters. The Bertz CT molecular complexity index is 392. The Kier molecular flexibility index (Phi) is 7.30. The molecule has 1 aromatic rings. The van der Waals surface area contributed by atoms with Gasteiger partial charge in [0.25, 0.3) is 0 Å². The molecular weight excluding hydrogens is 250 g/mol. The van der Waals surface area contributed by atoms with Crippen LogP contribution in [0.25, 0.3) is 0 Å². The second-order valence-electron chi connectivity index (χ2n) is 5.46. The van der Waals surface area contributed by atoms with Crippen LogP contribution in [0.3, 0.4) is 0 Å². The van der Waals surface area contributed by atoms with Gasteiger partial charge in [-0.1, -0.05) is 0 Å². The number of aryl methyl sites for hydroxylation is 1. The summed E-state index contributed by atoms with van der Waals surface area (Å²) >= 11 is 0. The molecule has 0 radical (unpaired) electrons. The number of aromatic nitrogens is 2. The van der Waals surface area contributed by atoms with Gasteiger partial charge in [-0.05, 0) is 54.1 Å². The Morgan fingerprint density at radius 3 is 2.65 bits per heavy atom. The average Bonchev–Trinajstić information content (AvgIpc) is 2.41. The highest BCUT2D eigenvalue weighted by atomic mass is 15.1. The molecule has 0 aliphatic carbocycles. The first kappa shape index (κ1) is 16.7. The molecule has 0 atom stereocenters. The molecule has 2 N–H and O–H groups in total. The fraction of sp³-hybridized carbons (Fsp3) is 0.733. The van der Waals surface area contributed by atoms with Gasteiger partial charge in [-0.2, -0.15) is 4.98 Å². The van der Waals surface area contributed by atoms with Crippen LogP contribution >= 0.6 is 0 Å². The third-order valence-corrected chi connectivity index (χ3v) is 3.42. The SMILES string of the molecule is CCNc1ncc(C)c(NCCCCN(C)C(C)C)n1. The Labute approximate surface area is 123 Å². The highest BCUT2D eigenvalue weighted by molar-refractivity contribution is 5.46. The van der Waals surface area contributed by atoms with E-state index in [0.717, 1.165) is 37.4 Å². The molecule has 0 saturated heterocycles. The monoisotopic (exact) mass is 279 g/mol. The van der Waals surface area contributed by atoms with Gasteiger partial charge in [0.1, 0.15) is 5.82 Å². The second-order valence-corrected chi connectivity index (χ2v) is 5.46. The van der Waals surface area contributed by atoms with Gasteiger partial charge < -0.3 is 15.5 Å². The molecule has 0 saturated carbocycles. The second kappa shape index (κ2) is 8.74. The molecule has 0 fully saturated rings. The number of unbranched alkanes of at least 4 members (excludes halogenated alkanes) is 1. The van der Waals surface area contributed by atoms with Crippen LogP contribution in [0.15, 0.2) is 6.20 Å². The summed E-state index contributed by atoms with van der Waals surface area (Å²) in [6.07, 6.45) is 4.21. The van der Waals surface area contributed by atoms with Gasteiger partial charge in [0.15, 0.2) is 0 Å². The third kappa shape index (κ3) is 5.74. The summed E-state index contributed by atoms with van der Waals surface area (Å²) in [6.45, 7) is 11.5. The molecule has 1 heterocycles. The summed E-state index contributed by atoms with van der Waals surface area (Å²) in [7, 11) is 2.18. The van der Waals surface area contributed by atoms with Crippen molar-refractivity contribution in [1.82, 2.24) is 14.9 Å². The fourth-order valence-electron chi connectivity index (χ4n) is 1.82. The van der Waals surface area contributed by atoms with E-state index >= 15 is 0 Å². The Morgan fingerprint density at radius 1 is 1.25 bits per heavy atom. The molecule has 114 valence electrons. The van der Waals surface area contributed by atoms with Crippen molar-refractivity contribution in [3.63, 3.8) is 0 Å². The summed E-state index contributed by atoms with van der Waals surface area (Å²) in [6, 6.07) is 0.620. The number of hydrogen-bond acceptors (Lipinski definition) is 5. The van der Waals surface area contributed by atoms with E-state index in [0.29, 0.717) is 12.0 Å². The van der Waals surface area contributed by atoms with Crippen molar-refractivity contribution in [2.45, 2.75) is 46.6 Å². The molecule has 20 heavy (non-hydrogen) atoms. The van der Waals surface area contributed by atoms with Crippen molar-refractivity contribution in [2.24, 2.45) is 0 Å². The highest BCUT2D eigenvalue weighted by Crippen LogP contribution is 2.12. The average molecular weight is 279 g/mol. The fourth-order valence-corrected chi connectivity index (χ4v) is 1.82. The van der Waals surface area contributed by atoms with E-state index in [-0.39, 0.29) is 0 Å². The van der Waals surface area contributed by atoms with Crippen molar-refractivity contribution in [3.8, 4) is 0 Å². The minimum atomic E-state index is 0.620. The largest absolute Gasteiger partial charge is 0.370 e. The van der Waals surface area contributed by atoms with Crippen LogP contribution < -0.4 is 10.6 Å². The van der Waals surface area contributed by atoms with E-state index < -0.39 is 0 Å². The number of nitrogens with one attached hydrogen (secondary N) is 2. The zero-order chi connectivity index (χ0) is 15.0. The van der Waals surface area contributed by atoms with Crippen LogP contribution in [-0.2, 0) is 0 Å². The maximum Gasteiger partial charge on any atom is 0.224 e. The molecule has 0 aliphatic heterocycles. The first-order valence-electron chi connectivity index (χ1n) is 7.56. The van der Waals surface area contributed by atoms with Gasteiger partial charge in [-0.25, -0.2) is 4.98 Å². The van der Waals surface area contributed by atoms with E-state index in [4.69, 9.17) is 0 Å². The predicted molar refractivity (Wildman–Crippen MR) is 86.4 cm³/mol. The minimum absolute atomic E-state index is 0.620. The first-order valence-corrected chi connectivity index (χ1v) is 7.56. The Balaban J connectivity index is 2.32. The number of rotatable bonds is 9. The van der Waals surface area contributed by atoms with E-state index in [1.807, 2.05) is 20.0 Å². The van der Waals surface area contributed by atoms with Crippen molar-refractivity contribution >= 4 is 11.8 Å². The lowest BCUT2D eigenvalue weighted by Crippen LogP contribution is -2.27. The van der Waals surface area contributed by atoms with Crippen LogP contribution in [0.2, 0.25) is 0 Å². The van der Waals surface area contributed by atoms with Crippen molar-refractivity contribution in [3.05, 3.63) is 11.8 Å². The first-order chi connectivity index (χ1) is 9.54. The number of nitrogens with zero attached hydrogens (tertiary/aromatic N) is 3. The van der Waals surface area contributed by atoms with Gasteiger partial charge in [0.05, 0.1) is 0 Å². The molecule has 5 heteroatoms. The maximum absolute atomic E-state index is 4.48. The quantitative estimate of drug-likeness (QED) is 0.681. The van der Waals surface area contributed by atoms with E-state index in [1.165, 1.54) is 6.42 Å². The molecule has 0 bridgehead atoms. The van der Waals surface area contributed by atoms with Gasteiger partial charge in [0.2, 0.25) is 5.95 Å². The predicted octanol–water partition coefficient (Wildman–Crippen LogP) is 2.75. The van der Waals surface area contributed by atoms with Crippen LogP contribution in [-0.4, -0.2) is 47.6 Å². The standard InChI is InChI=1S/C15H29N5/c1-6-16-15-18-11-13(4)14(19-15)17-9-7-8-10-20(5)12(2)3/h11-12H,6-10H2,1-5H3,(H2,16,17,18,19). The molecule has 0 aromatic carbocycles. The third-order valence-electron chi connectivity index (χ3n) is 3.42. The zero-order valence-electron chi connectivity index (χ0n) is 13.5. The number of hydrogen-bond donors (Lipinski definition) is 2. The Morgan fingerprint density at radius 2 is 2.00 bits per heavy atom. The normalized spacial score (nSPS) is 11.2. The molecular formula is C15H29N5. The summed E-state index contributed by atoms with van der Waals surface area (Å²) in [5.41, 5.74) is 1.09. The van der Waals surface area contributed by atoms with Crippen molar-refractivity contribution in [2.75, 3.05) is 37.3 Å². The van der Waals surface area contributed by atoms with Gasteiger partial charge in [-0.15, -0.1) is 0 Å². The topological polar surface area (TPSA) is 53.1 Å². The molecule has 1 aromatic heterocycles. The zero-order valence-corrected chi connectivity index (χ0v) is 13.5. The summed E-state index contributed by atoms with van der Waals surface area (Å²) in [5, 5.41) is 6.54.